The number of rotatable bonds is 8. The monoisotopic (exact) mass is 309 g/mol. The van der Waals surface area contributed by atoms with Crippen molar-refractivity contribution in [2.45, 2.75) is 39.2 Å². The van der Waals surface area contributed by atoms with Crippen molar-refractivity contribution in [3.8, 4) is 0 Å². The maximum absolute atomic E-state index is 9.03. The van der Waals surface area contributed by atoms with E-state index in [4.69, 9.17) is 28.3 Å². The Labute approximate surface area is 123 Å². The zero-order valence-electron chi connectivity index (χ0n) is 10.9. The fourth-order valence-corrected chi connectivity index (χ4v) is 3.69. The Kier molecular flexibility index (Phi) is 7.57. The first-order chi connectivity index (χ1) is 8.58. The lowest BCUT2D eigenvalue weighted by Crippen LogP contribution is -2.26. The molecule has 0 radical (unpaired) electrons. The molecule has 0 saturated heterocycles. The van der Waals surface area contributed by atoms with Gasteiger partial charge in [-0.3, -0.25) is 0 Å². The van der Waals surface area contributed by atoms with E-state index in [0.29, 0.717) is 5.92 Å². The number of halogens is 2. The molecule has 0 spiro atoms. The minimum absolute atomic E-state index is 0.194. The fourth-order valence-electron chi connectivity index (χ4n) is 2.04. The number of hydrogen-bond acceptors (Lipinski definition) is 3. The highest BCUT2D eigenvalue weighted by Gasteiger charge is 2.15. The second kappa shape index (κ2) is 8.39. The van der Waals surface area contributed by atoms with Crippen LogP contribution in [0.1, 0.15) is 44.7 Å². The lowest BCUT2D eigenvalue weighted by molar-refractivity contribution is 0.246. The Bertz CT molecular complexity index is 351. The Morgan fingerprint density at radius 1 is 1.39 bits per heavy atom. The second-order valence-electron chi connectivity index (χ2n) is 4.58. The minimum atomic E-state index is 0.194. The van der Waals surface area contributed by atoms with E-state index < -0.39 is 0 Å². The molecule has 0 bridgehead atoms. The molecule has 2 nitrogen and oxygen atoms in total. The molecule has 1 rings (SSSR count). The van der Waals surface area contributed by atoms with E-state index in [1.165, 1.54) is 11.3 Å². The van der Waals surface area contributed by atoms with Gasteiger partial charge in [-0.1, -0.05) is 36.5 Å². The van der Waals surface area contributed by atoms with Gasteiger partial charge >= 0.3 is 0 Å². The SMILES string of the molecule is CCCC(CCO)CNC(C)c1cc(Cl)sc1Cl. The van der Waals surface area contributed by atoms with E-state index in [2.05, 4.69) is 19.2 Å². The fraction of sp³-hybridized carbons (Fsp3) is 0.692. The highest BCUT2D eigenvalue weighted by atomic mass is 35.5. The van der Waals surface area contributed by atoms with Crippen molar-refractivity contribution in [2.75, 3.05) is 13.2 Å². The van der Waals surface area contributed by atoms with Gasteiger partial charge in [0.2, 0.25) is 0 Å². The number of hydrogen-bond donors (Lipinski definition) is 2. The molecule has 0 fully saturated rings. The van der Waals surface area contributed by atoms with Gasteiger partial charge in [-0.2, -0.15) is 0 Å². The zero-order chi connectivity index (χ0) is 13.5. The molecule has 1 heterocycles. The van der Waals surface area contributed by atoms with Crippen LogP contribution in [-0.2, 0) is 0 Å². The van der Waals surface area contributed by atoms with Gasteiger partial charge in [-0.25, -0.2) is 0 Å². The van der Waals surface area contributed by atoms with Crippen LogP contribution >= 0.6 is 34.5 Å². The third-order valence-electron chi connectivity index (χ3n) is 3.10. The van der Waals surface area contributed by atoms with Crippen LogP contribution in [-0.4, -0.2) is 18.3 Å². The Hall–Kier alpha value is 0.200. The van der Waals surface area contributed by atoms with Crippen LogP contribution in [0.5, 0.6) is 0 Å². The van der Waals surface area contributed by atoms with Gasteiger partial charge in [0, 0.05) is 12.6 Å². The molecule has 1 aromatic heterocycles. The van der Waals surface area contributed by atoms with Gasteiger partial charge in [-0.15, -0.1) is 11.3 Å². The summed E-state index contributed by atoms with van der Waals surface area (Å²) >= 11 is 13.5. The Morgan fingerprint density at radius 3 is 2.61 bits per heavy atom. The van der Waals surface area contributed by atoms with Crippen LogP contribution < -0.4 is 5.32 Å². The molecule has 0 amide bonds. The molecular weight excluding hydrogens is 289 g/mol. The molecule has 0 aromatic carbocycles. The minimum Gasteiger partial charge on any atom is -0.396 e. The Balaban J connectivity index is 2.48. The molecule has 0 saturated carbocycles. The topological polar surface area (TPSA) is 32.3 Å². The summed E-state index contributed by atoms with van der Waals surface area (Å²) in [4.78, 5) is 0. The zero-order valence-corrected chi connectivity index (χ0v) is 13.2. The van der Waals surface area contributed by atoms with Crippen molar-refractivity contribution >= 4 is 34.5 Å². The van der Waals surface area contributed by atoms with Crippen molar-refractivity contribution in [3.63, 3.8) is 0 Å². The third kappa shape index (κ3) is 5.06. The van der Waals surface area contributed by atoms with Crippen molar-refractivity contribution in [1.29, 1.82) is 0 Å². The molecular formula is C13H21Cl2NOS. The quantitative estimate of drug-likeness (QED) is 0.741. The van der Waals surface area contributed by atoms with Gasteiger partial charge in [0.1, 0.15) is 0 Å². The molecule has 104 valence electrons. The van der Waals surface area contributed by atoms with Crippen molar-refractivity contribution in [1.82, 2.24) is 5.32 Å². The number of aliphatic hydroxyl groups excluding tert-OH is 1. The van der Waals surface area contributed by atoms with Crippen LogP contribution in [0, 0.1) is 5.92 Å². The normalized spacial score (nSPS) is 14.7. The Morgan fingerprint density at radius 2 is 2.11 bits per heavy atom. The molecule has 0 aliphatic heterocycles. The molecule has 0 aliphatic carbocycles. The van der Waals surface area contributed by atoms with Gasteiger partial charge in [0.15, 0.2) is 0 Å². The summed E-state index contributed by atoms with van der Waals surface area (Å²) in [6.45, 7) is 5.42. The van der Waals surface area contributed by atoms with Crippen molar-refractivity contribution in [3.05, 3.63) is 20.3 Å². The van der Waals surface area contributed by atoms with Gasteiger partial charge in [0.25, 0.3) is 0 Å². The highest BCUT2D eigenvalue weighted by Crippen LogP contribution is 2.34. The van der Waals surface area contributed by atoms with E-state index in [0.717, 1.165) is 40.0 Å². The predicted octanol–water partition coefficient (Wildman–Crippen LogP) is 4.50. The lowest BCUT2D eigenvalue weighted by Gasteiger charge is -2.19. The largest absolute Gasteiger partial charge is 0.396 e. The van der Waals surface area contributed by atoms with Crippen molar-refractivity contribution < 1.29 is 5.11 Å². The number of nitrogens with one attached hydrogen (secondary N) is 1. The van der Waals surface area contributed by atoms with Crippen molar-refractivity contribution in [2.24, 2.45) is 5.92 Å². The number of thiophene rings is 1. The second-order valence-corrected chi connectivity index (χ2v) is 6.86. The van der Waals surface area contributed by atoms with E-state index in [1.54, 1.807) is 0 Å². The molecule has 0 aliphatic rings. The maximum Gasteiger partial charge on any atom is 0.0991 e. The van der Waals surface area contributed by atoms with Crippen LogP contribution in [0.4, 0.5) is 0 Å². The standard InChI is InChI=1S/C13H21Cl2NOS/c1-3-4-10(5-6-17)8-16-9(2)11-7-12(14)18-13(11)15/h7,9-10,16-17H,3-6,8H2,1-2H3. The van der Waals surface area contributed by atoms with Gasteiger partial charge in [0.05, 0.1) is 8.67 Å². The third-order valence-corrected chi connectivity index (χ3v) is 4.61. The maximum atomic E-state index is 9.03. The summed E-state index contributed by atoms with van der Waals surface area (Å²) in [6.07, 6.45) is 3.13. The van der Waals surface area contributed by atoms with Gasteiger partial charge < -0.3 is 10.4 Å². The molecule has 2 atom stereocenters. The summed E-state index contributed by atoms with van der Waals surface area (Å²) in [5.74, 6) is 0.523. The first-order valence-corrected chi connectivity index (χ1v) is 7.94. The molecule has 2 unspecified atom stereocenters. The smallest absolute Gasteiger partial charge is 0.0991 e. The summed E-state index contributed by atoms with van der Waals surface area (Å²) in [6, 6.07) is 2.12. The highest BCUT2D eigenvalue weighted by molar-refractivity contribution is 7.20. The molecule has 18 heavy (non-hydrogen) atoms. The summed E-state index contributed by atoms with van der Waals surface area (Å²) in [5, 5.41) is 12.5. The number of aliphatic hydroxyl groups is 1. The van der Waals surface area contributed by atoms with E-state index >= 15 is 0 Å². The molecule has 2 N–H and O–H groups in total. The average Bonchev–Trinajstić information content (AvgIpc) is 2.65. The first-order valence-electron chi connectivity index (χ1n) is 6.37. The summed E-state index contributed by atoms with van der Waals surface area (Å²) in [5.41, 5.74) is 1.06. The van der Waals surface area contributed by atoms with Crippen LogP contribution in [0.3, 0.4) is 0 Å². The summed E-state index contributed by atoms with van der Waals surface area (Å²) < 4.78 is 1.48. The predicted molar refractivity (Wildman–Crippen MR) is 80.9 cm³/mol. The van der Waals surface area contributed by atoms with E-state index in [-0.39, 0.29) is 12.6 Å². The first kappa shape index (κ1) is 16.3. The average molecular weight is 310 g/mol. The van der Waals surface area contributed by atoms with Crippen LogP contribution in [0.25, 0.3) is 0 Å². The molecule has 5 heteroatoms. The lowest BCUT2D eigenvalue weighted by atomic mass is 9.99. The van der Waals surface area contributed by atoms with E-state index in [9.17, 15) is 0 Å². The van der Waals surface area contributed by atoms with Crippen LogP contribution in [0.2, 0.25) is 8.67 Å². The van der Waals surface area contributed by atoms with Crippen LogP contribution in [0.15, 0.2) is 6.07 Å². The van der Waals surface area contributed by atoms with E-state index in [1.807, 2.05) is 6.07 Å². The molecule has 1 aromatic rings. The van der Waals surface area contributed by atoms with Gasteiger partial charge in [-0.05, 0) is 43.9 Å². The summed E-state index contributed by atoms with van der Waals surface area (Å²) in [7, 11) is 0.